The van der Waals surface area contributed by atoms with Gasteiger partial charge in [0.15, 0.2) is 0 Å². The average molecular weight is 467 g/mol. The minimum atomic E-state index is -3.85. The highest BCUT2D eigenvalue weighted by Crippen LogP contribution is 2.28. The summed E-state index contributed by atoms with van der Waals surface area (Å²) in [6.07, 6.45) is 6.16. The summed E-state index contributed by atoms with van der Waals surface area (Å²) in [5.41, 5.74) is 0.0312. The number of ether oxygens (including phenoxy) is 1. The zero-order valence-corrected chi connectivity index (χ0v) is 20.7. The van der Waals surface area contributed by atoms with E-state index >= 15 is 0 Å². The molecule has 0 radical (unpaired) electrons. The fraction of sp³-hybridized carbons (Fsp3) is 0.667. The summed E-state index contributed by atoms with van der Waals surface area (Å²) in [7, 11) is -2.62. The van der Waals surface area contributed by atoms with Crippen LogP contribution in [0.15, 0.2) is 29.2 Å². The molecule has 2 rings (SSSR count). The van der Waals surface area contributed by atoms with E-state index in [1.54, 1.807) is 12.1 Å². The molecule has 1 aromatic carbocycles. The van der Waals surface area contributed by atoms with Gasteiger partial charge in [-0.25, -0.2) is 13.2 Å². The molecule has 0 aromatic heterocycles. The number of esters is 1. The molecule has 7 nitrogen and oxygen atoms in total. The van der Waals surface area contributed by atoms with Gasteiger partial charge in [0.05, 0.1) is 17.6 Å². The maximum absolute atomic E-state index is 13.3. The van der Waals surface area contributed by atoms with Gasteiger partial charge in [-0.2, -0.15) is 4.31 Å². The molecular formula is C24H38N2O5S. The molecule has 0 N–H and O–H groups in total. The number of rotatable bonds is 11. The first-order valence-corrected chi connectivity index (χ1v) is 13.2. The van der Waals surface area contributed by atoms with E-state index in [0.717, 1.165) is 38.6 Å². The number of piperidine rings is 1. The van der Waals surface area contributed by atoms with E-state index in [2.05, 4.69) is 20.8 Å². The minimum absolute atomic E-state index is 0.0312. The lowest BCUT2D eigenvalue weighted by atomic mass is 9.95. The van der Waals surface area contributed by atoms with Gasteiger partial charge >= 0.3 is 5.97 Å². The highest BCUT2D eigenvalue weighted by atomic mass is 32.2. The topological polar surface area (TPSA) is 84.0 Å². The summed E-state index contributed by atoms with van der Waals surface area (Å²) in [5, 5.41) is 0. The standard InChI is InChI=1S/C24H38N2O5S/c1-5-7-10-16-26(19(3)11-6-2)23(27)20-14-17-25(18-15-20)32(29,30)22-13-9-8-12-21(22)24(28)31-4/h8-9,12-13,19-20H,5-7,10-11,14-18H2,1-4H3. The zero-order chi connectivity index (χ0) is 23.7. The highest BCUT2D eigenvalue weighted by molar-refractivity contribution is 7.89. The number of amides is 1. The monoisotopic (exact) mass is 466 g/mol. The van der Waals surface area contributed by atoms with Gasteiger partial charge in [0.25, 0.3) is 0 Å². The van der Waals surface area contributed by atoms with Crippen LogP contribution in [0, 0.1) is 5.92 Å². The first-order valence-electron chi connectivity index (χ1n) is 11.8. The second-order valence-corrected chi connectivity index (χ2v) is 10.4. The van der Waals surface area contributed by atoms with Crippen LogP contribution in [0.4, 0.5) is 0 Å². The predicted molar refractivity (Wildman–Crippen MR) is 125 cm³/mol. The van der Waals surface area contributed by atoms with Gasteiger partial charge in [-0.3, -0.25) is 4.79 Å². The maximum atomic E-state index is 13.3. The van der Waals surface area contributed by atoms with Crippen molar-refractivity contribution in [3.63, 3.8) is 0 Å². The van der Waals surface area contributed by atoms with E-state index in [0.29, 0.717) is 12.8 Å². The van der Waals surface area contributed by atoms with Gasteiger partial charge in [0, 0.05) is 31.6 Å². The second kappa shape index (κ2) is 12.3. The number of methoxy groups -OCH3 is 1. The number of unbranched alkanes of at least 4 members (excludes halogenated alkanes) is 2. The van der Waals surface area contributed by atoms with Crippen LogP contribution in [0.3, 0.4) is 0 Å². The van der Waals surface area contributed by atoms with Crippen LogP contribution in [0.1, 0.15) is 76.1 Å². The molecule has 1 aliphatic heterocycles. The Morgan fingerprint density at radius 1 is 1.12 bits per heavy atom. The third-order valence-electron chi connectivity index (χ3n) is 6.24. The van der Waals surface area contributed by atoms with Crippen LogP contribution < -0.4 is 0 Å². The number of carbonyl (C=O) groups excluding carboxylic acids is 2. The van der Waals surface area contributed by atoms with E-state index in [4.69, 9.17) is 4.74 Å². The predicted octanol–water partition coefficient (Wildman–Crippen LogP) is 4.08. The minimum Gasteiger partial charge on any atom is -0.465 e. The smallest absolute Gasteiger partial charge is 0.339 e. The van der Waals surface area contributed by atoms with Crippen molar-refractivity contribution in [1.29, 1.82) is 0 Å². The summed E-state index contributed by atoms with van der Waals surface area (Å²) in [6.45, 7) is 7.67. The molecule has 8 heteroatoms. The molecule has 1 aromatic rings. The van der Waals surface area contributed by atoms with Crippen molar-refractivity contribution in [2.45, 2.75) is 76.7 Å². The van der Waals surface area contributed by atoms with Gasteiger partial charge in [0.2, 0.25) is 15.9 Å². The number of sulfonamides is 1. The van der Waals surface area contributed by atoms with Gasteiger partial charge in [0.1, 0.15) is 0 Å². The first kappa shape index (κ1) is 26.3. The Kier molecular flexibility index (Phi) is 10.2. The second-order valence-electron chi connectivity index (χ2n) is 8.54. The van der Waals surface area contributed by atoms with Crippen LogP contribution in [0.5, 0.6) is 0 Å². The molecule has 180 valence electrons. The molecule has 1 saturated heterocycles. The van der Waals surface area contributed by atoms with Crippen LogP contribution in [0.25, 0.3) is 0 Å². The van der Waals surface area contributed by atoms with Crippen molar-refractivity contribution in [1.82, 2.24) is 9.21 Å². The van der Waals surface area contributed by atoms with E-state index < -0.39 is 16.0 Å². The number of benzene rings is 1. The summed E-state index contributed by atoms with van der Waals surface area (Å²) < 4.78 is 32.6. The lowest BCUT2D eigenvalue weighted by Crippen LogP contribution is -2.47. The molecular weight excluding hydrogens is 428 g/mol. The van der Waals surface area contributed by atoms with E-state index in [9.17, 15) is 18.0 Å². The van der Waals surface area contributed by atoms with Gasteiger partial charge in [-0.15, -0.1) is 0 Å². The molecule has 1 aliphatic rings. The Morgan fingerprint density at radius 2 is 1.78 bits per heavy atom. The number of hydrogen-bond acceptors (Lipinski definition) is 5. The van der Waals surface area contributed by atoms with Crippen molar-refractivity contribution in [2.75, 3.05) is 26.7 Å². The maximum Gasteiger partial charge on any atom is 0.339 e. The lowest BCUT2D eigenvalue weighted by Gasteiger charge is -2.36. The Balaban J connectivity index is 2.11. The number of nitrogens with zero attached hydrogens (tertiary/aromatic N) is 2. The molecule has 0 bridgehead atoms. The summed E-state index contributed by atoms with van der Waals surface area (Å²) in [4.78, 5) is 27.3. The Morgan fingerprint density at radius 3 is 2.38 bits per heavy atom. The Hall–Kier alpha value is -1.93. The van der Waals surface area contributed by atoms with Crippen molar-refractivity contribution < 1.29 is 22.7 Å². The van der Waals surface area contributed by atoms with Crippen LogP contribution in [-0.2, 0) is 19.6 Å². The van der Waals surface area contributed by atoms with Crippen LogP contribution >= 0.6 is 0 Å². The molecule has 1 amide bonds. The summed E-state index contributed by atoms with van der Waals surface area (Å²) >= 11 is 0. The molecule has 1 atom stereocenters. The molecule has 0 aliphatic carbocycles. The molecule has 1 fully saturated rings. The fourth-order valence-electron chi connectivity index (χ4n) is 4.34. The van der Waals surface area contributed by atoms with Crippen LogP contribution in [0.2, 0.25) is 0 Å². The van der Waals surface area contributed by atoms with Gasteiger partial charge in [-0.05, 0) is 44.7 Å². The third kappa shape index (κ3) is 6.32. The van der Waals surface area contributed by atoms with E-state index in [1.807, 2.05) is 4.90 Å². The largest absolute Gasteiger partial charge is 0.465 e. The highest BCUT2D eigenvalue weighted by Gasteiger charge is 2.36. The quantitative estimate of drug-likeness (QED) is 0.362. The average Bonchev–Trinajstić information content (AvgIpc) is 2.81. The van der Waals surface area contributed by atoms with Gasteiger partial charge < -0.3 is 9.64 Å². The summed E-state index contributed by atoms with van der Waals surface area (Å²) in [5.74, 6) is -0.700. The number of carbonyl (C=O) groups is 2. The first-order chi connectivity index (χ1) is 15.3. The molecule has 0 saturated carbocycles. The number of hydrogen-bond donors (Lipinski definition) is 0. The summed E-state index contributed by atoms with van der Waals surface area (Å²) in [6, 6.07) is 6.29. The van der Waals surface area contributed by atoms with Crippen molar-refractivity contribution in [3.8, 4) is 0 Å². The third-order valence-corrected chi connectivity index (χ3v) is 8.19. The zero-order valence-electron chi connectivity index (χ0n) is 19.9. The van der Waals surface area contributed by atoms with Crippen molar-refractivity contribution in [2.24, 2.45) is 5.92 Å². The Labute approximate surface area is 193 Å². The van der Waals surface area contributed by atoms with Crippen molar-refractivity contribution in [3.05, 3.63) is 29.8 Å². The van der Waals surface area contributed by atoms with Crippen LogP contribution in [-0.4, -0.2) is 62.3 Å². The van der Waals surface area contributed by atoms with E-state index in [1.165, 1.54) is 23.5 Å². The molecule has 0 spiro atoms. The Bertz CT molecular complexity index is 863. The molecule has 1 unspecified atom stereocenters. The molecule has 32 heavy (non-hydrogen) atoms. The normalized spacial score (nSPS) is 16.5. The van der Waals surface area contributed by atoms with Gasteiger partial charge in [-0.1, -0.05) is 45.2 Å². The van der Waals surface area contributed by atoms with E-state index in [-0.39, 0.29) is 41.4 Å². The fourth-order valence-corrected chi connectivity index (χ4v) is 5.99. The SMILES string of the molecule is CCCCCN(C(=O)C1CCN(S(=O)(=O)c2ccccc2C(=O)OC)CC1)C(C)CCC. The van der Waals surface area contributed by atoms with Crippen molar-refractivity contribution >= 4 is 21.9 Å². The lowest BCUT2D eigenvalue weighted by molar-refractivity contribution is -0.139. The molecule has 1 heterocycles.